The highest BCUT2D eigenvalue weighted by Crippen LogP contribution is 2.46. The van der Waals surface area contributed by atoms with E-state index in [1.807, 2.05) is 52.0 Å². The highest BCUT2D eigenvalue weighted by Gasteiger charge is 2.61. The van der Waals surface area contributed by atoms with Crippen LogP contribution < -0.4 is 14.8 Å². The maximum atomic E-state index is 13.9. The number of nitrogens with zero attached hydrogens (tertiary/aromatic N) is 2. The van der Waals surface area contributed by atoms with Crippen molar-refractivity contribution in [2.75, 3.05) is 19.4 Å². The predicted molar refractivity (Wildman–Crippen MR) is 162 cm³/mol. The monoisotopic (exact) mass is 611 g/mol. The summed E-state index contributed by atoms with van der Waals surface area (Å²) in [5, 5.41) is 3.96. The Balaban J connectivity index is 1.41. The molecule has 1 saturated heterocycles. The second-order valence-corrected chi connectivity index (χ2v) is 15.5. The molecule has 1 aromatic heterocycles. The van der Waals surface area contributed by atoms with Gasteiger partial charge in [-0.25, -0.2) is 13.4 Å². The number of hydrogen-bond donors (Lipinski definition) is 1. The van der Waals surface area contributed by atoms with Crippen LogP contribution in [0.2, 0.25) is 0 Å². The average Bonchev–Trinajstić information content (AvgIpc) is 3.88. The lowest BCUT2D eigenvalue weighted by Crippen LogP contribution is -2.55. The highest BCUT2D eigenvalue weighted by atomic mass is 32.2. The van der Waals surface area contributed by atoms with Gasteiger partial charge in [-0.1, -0.05) is 45.9 Å². The molecule has 0 bridgehead atoms. The van der Waals surface area contributed by atoms with Gasteiger partial charge in [0.25, 0.3) is 0 Å². The van der Waals surface area contributed by atoms with Crippen LogP contribution in [0.4, 0.5) is 0 Å². The van der Waals surface area contributed by atoms with Crippen LogP contribution in [0.15, 0.2) is 43.1 Å². The van der Waals surface area contributed by atoms with Crippen molar-refractivity contribution in [1.29, 1.82) is 0 Å². The van der Waals surface area contributed by atoms with E-state index in [2.05, 4.69) is 16.9 Å². The molecule has 2 saturated carbocycles. The lowest BCUT2D eigenvalue weighted by molar-refractivity contribution is -0.144. The van der Waals surface area contributed by atoms with Crippen molar-refractivity contribution in [2.45, 2.75) is 76.3 Å². The van der Waals surface area contributed by atoms with Crippen LogP contribution >= 0.6 is 0 Å². The maximum Gasteiger partial charge on any atom is 0.243 e. The Kier molecular flexibility index (Phi) is 8.09. The van der Waals surface area contributed by atoms with E-state index in [9.17, 15) is 22.8 Å². The summed E-state index contributed by atoms with van der Waals surface area (Å²) >= 11 is 0. The summed E-state index contributed by atoms with van der Waals surface area (Å²) in [6, 6.07) is 6.53. The van der Waals surface area contributed by atoms with Crippen molar-refractivity contribution >= 4 is 38.2 Å². The first-order chi connectivity index (χ1) is 20.2. The van der Waals surface area contributed by atoms with E-state index in [1.165, 1.54) is 4.90 Å². The van der Waals surface area contributed by atoms with Crippen molar-refractivity contribution in [3.63, 3.8) is 0 Å². The Morgan fingerprint density at radius 3 is 2.56 bits per heavy atom. The molecule has 3 aliphatic rings. The molecule has 43 heavy (non-hydrogen) atoms. The fraction of sp³-hybridized carbons (Fsp3) is 0.562. The number of carbonyl (C=O) groups is 3. The van der Waals surface area contributed by atoms with Gasteiger partial charge in [-0.2, -0.15) is 0 Å². The molecule has 2 amide bonds. The number of pyridine rings is 1. The summed E-state index contributed by atoms with van der Waals surface area (Å²) in [6.07, 6.45) is 4.21. The molecule has 2 aliphatic carbocycles. The number of nitrogens with one attached hydrogen (secondary N) is 1. The summed E-state index contributed by atoms with van der Waals surface area (Å²) in [5.74, 6) is -1.71. The third kappa shape index (κ3) is 6.01. The topological polar surface area (TPSA) is 132 Å². The van der Waals surface area contributed by atoms with Gasteiger partial charge < -0.3 is 19.7 Å². The minimum absolute atomic E-state index is 0.145. The minimum Gasteiger partial charge on any atom is -0.496 e. The van der Waals surface area contributed by atoms with E-state index in [0.29, 0.717) is 29.9 Å². The Hall–Kier alpha value is -3.47. The van der Waals surface area contributed by atoms with Gasteiger partial charge in [-0.05, 0) is 42.2 Å². The number of sulfone groups is 1. The van der Waals surface area contributed by atoms with E-state index in [0.717, 1.165) is 5.39 Å². The molecular weight excluding hydrogens is 570 g/mol. The van der Waals surface area contributed by atoms with Gasteiger partial charge in [0.15, 0.2) is 15.6 Å². The summed E-state index contributed by atoms with van der Waals surface area (Å²) in [7, 11) is -2.01. The number of carbonyl (C=O) groups excluding carboxylic acids is 3. The summed E-state index contributed by atoms with van der Waals surface area (Å²) in [5.41, 5.74) is -1.70. The zero-order valence-corrected chi connectivity index (χ0v) is 26.3. The molecule has 5 atom stereocenters. The Morgan fingerprint density at radius 1 is 1.23 bits per heavy atom. The van der Waals surface area contributed by atoms with Crippen LogP contribution in [0, 0.1) is 17.3 Å². The fourth-order valence-electron chi connectivity index (χ4n) is 5.84. The van der Waals surface area contributed by atoms with Crippen LogP contribution in [0.5, 0.6) is 11.6 Å². The smallest absolute Gasteiger partial charge is 0.243 e. The highest BCUT2D eigenvalue weighted by molar-refractivity contribution is 7.93. The van der Waals surface area contributed by atoms with Crippen LogP contribution in [0.25, 0.3) is 10.8 Å². The van der Waals surface area contributed by atoms with Crippen LogP contribution in [-0.2, 0) is 24.2 Å². The molecule has 232 valence electrons. The minimum atomic E-state index is -3.57. The molecule has 1 N–H and O–H groups in total. The van der Waals surface area contributed by atoms with Gasteiger partial charge in [-0.3, -0.25) is 14.4 Å². The van der Waals surface area contributed by atoms with E-state index < -0.39 is 56.1 Å². The van der Waals surface area contributed by atoms with Gasteiger partial charge in [0.05, 0.1) is 24.3 Å². The van der Waals surface area contributed by atoms with Gasteiger partial charge in [0.1, 0.15) is 29.2 Å². The quantitative estimate of drug-likeness (QED) is 0.382. The number of aromatic nitrogens is 1. The van der Waals surface area contributed by atoms with Crippen molar-refractivity contribution in [3.05, 3.63) is 43.1 Å². The van der Waals surface area contributed by atoms with Gasteiger partial charge in [0.2, 0.25) is 17.7 Å². The SMILES string of the molecule is C=C[C@@H]1C[C@]1(NC(=O)[C@@H]1CC(Oc2nccc3cccc(OC)c23)CN1C(=O)[C@@H](C)C(C)(C)C)C(=O)CS(=O)(=O)C1CC1. The zero-order valence-electron chi connectivity index (χ0n) is 25.5. The number of Topliss-reactive ketones (excluding diaryl/α,β-unsaturated/α-hetero) is 1. The first-order valence-electron chi connectivity index (χ1n) is 14.8. The molecule has 2 aromatic rings. The Morgan fingerprint density at radius 2 is 1.95 bits per heavy atom. The molecule has 0 spiro atoms. The molecule has 11 heteroatoms. The molecule has 0 radical (unpaired) electrons. The lowest BCUT2D eigenvalue weighted by atomic mass is 9.81. The third-order valence-corrected chi connectivity index (χ3v) is 11.4. The van der Waals surface area contributed by atoms with Gasteiger partial charge >= 0.3 is 0 Å². The second kappa shape index (κ2) is 11.2. The molecule has 10 nitrogen and oxygen atoms in total. The standard InChI is InChI=1S/C32H41N3O7S/c1-7-21-16-32(21,26(36)18-43(39,40)23-11-12-23)34-28(37)24-15-22(17-35(24)30(38)19(2)31(3,4)5)42-29-27-20(13-14-33-29)9-8-10-25(27)41-6/h7-10,13-14,19,21-24H,1,11-12,15-18H2,2-6H3,(H,34,37)/t19-,21-,22?,24+,32-/m1/s1. The first kappa shape index (κ1) is 31.0. The van der Waals surface area contributed by atoms with Crippen molar-refractivity contribution < 1.29 is 32.3 Å². The normalized spacial score (nSPS) is 26.1. The molecule has 1 unspecified atom stereocenters. The van der Waals surface area contributed by atoms with Crippen molar-refractivity contribution in [3.8, 4) is 11.6 Å². The van der Waals surface area contributed by atoms with E-state index in [1.54, 1.807) is 19.4 Å². The van der Waals surface area contributed by atoms with Crippen LogP contribution in [0.1, 0.15) is 53.4 Å². The molecule has 5 rings (SSSR count). The number of benzene rings is 1. The summed E-state index contributed by atoms with van der Waals surface area (Å²) in [6.45, 7) is 11.7. The number of ketones is 1. The van der Waals surface area contributed by atoms with E-state index in [4.69, 9.17) is 9.47 Å². The third-order valence-electron chi connectivity index (χ3n) is 9.24. The molecular formula is C32H41N3O7S. The van der Waals surface area contributed by atoms with Crippen molar-refractivity contribution in [2.24, 2.45) is 17.3 Å². The number of fused-ring (bicyclic) bond motifs is 1. The average molecular weight is 612 g/mol. The number of methoxy groups -OCH3 is 1. The molecule has 1 aliphatic heterocycles. The molecule has 1 aromatic carbocycles. The second-order valence-electron chi connectivity index (χ2n) is 13.2. The number of amides is 2. The van der Waals surface area contributed by atoms with Gasteiger partial charge in [-0.15, -0.1) is 6.58 Å². The fourth-order valence-corrected chi connectivity index (χ4v) is 7.56. The summed E-state index contributed by atoms with van der Waals surface area (Å²) < 4.78 is 37.2. The zero-order chi connectivity index (χ0) is 31.3. The largest absolute Gasteiger partial charge is 0.496 e. The van der Waals surface area contributed by atoms with Gasteiger partial charge in [0, 0.05) is 24.5 Å². The summed E-state index contributed by atoms with van der Waals surface area (Å²) in [4.78, 5) is 47.1. The van der Waals surface area contributed by atoms with Crippen LogP contribution in [-0.4, -0.2) is 78.2 Å². The number of ether oxygens (including phenoxy) is 2. The number of rotatable bonds is 11. The van der Waals surface area contributed by atoms with Crippen molar-refractivity contribution in [1.82, 2.24) is 15.2 Å². The van der Waals surface area contributed by atoms with E-state index >= 15 is 0 Å². The maximum absolute atomic E-state index is 13.9. The molecule has 3 fully saturated rings. The number of hydrogen-bond acceptors (Lipinski definition) is 8. The molecule has 2 heterocycles. The Labute approximate surface area is 253 Å². The lowest BCUT2D eigenvalue weighted by Gasteiger charge is -2.33. The first-order valence-corrected chi connectivity index (χ1v) is 16.5. The predicted octanol–water partition coefficient (Wildman–Crippen LogP) is 3.48. The van der Waals surface area contributed by atoms with E-state index in [-0.39, 0.29) is 36.6 Å². The van der Waals surface area contributed by atoms with Crippen LogP contribution in [0.3, 0.4) is 0 Å². The Bertz CT molecular complexity index is 1560. The number of likely N-dealkylation sites (tertiary alicyclic amines) is 1.